The molecule has 0 radical (unpaired) electrons. The minimum absolute atomic E-state index is 0. The largest absolute Gasteiger partial charge is 0.342 e. The third-order valence-electron chi connectivity index (χ3n) is 5.23. The molecule has 0 spiro atoms. The van der Waals surface area contributed by atoms with Gasteiger partial charge in [0, 0.05) is 19.0 Å². The van der Waals surface area contributed by atoms with Crippen molar-refractivity contribution < 1.29 is 4.79 Å². The molecule has 2 fully saturated rings. The molecule has 3 unspecified atom stereocenters. The Kier molecular flexibility index (Phi) is 6.10. The normalized spacial score (nSPS) is 26.3. The van der Waals surface area contributed by atoms with Crippen LogP contribution in [0.4, 0.5) is 0 Å². The van der Waals surface area contributed by atoms with Gasteiger partial charge in [-0.3, -0.25) is 4.79 Å². The number of carbonyl (C=O) groups excluding carboxylic acids is 1. The Morgan fingerprint density at radius 3 is 2.61 bits per heavy atom. The van der Waals surface area contributed by atoms with Gasteiger partial charge in [-0.1, -0.05) is 38.1 Å². The van der Waals surface area contributed by atoms with Gasteiger partial charge in [0.05, 0.1) is 0 Å². The molecular formula is C19H29ClN2O. The van der Waals surface area contributed by atoms with Crippen molar-refractivity contribution in [3.8, 4) is 0 Å². The molecule has 1 aromatic rings. The molecule has 1 heterocycles. The highest BCUT2D eigenvalue weighted by molar-refractivity contribution is 5.85. The topological polar surface area (TPSA) is 32.3 Å². The molecule has 2 aliphatic rings. The van der Waals surface area contributed by atoms with Crippen LogP contribution in [0.1, 0.15) is 49.7 Å². The molecule has 1 N–H and O–H groups in total. The van der Waals surface area contributed by atoms with Crippen molar-refractivity contribution in [3.05, 3.63) is 35.4 Å². The molecule has 3 rings (SSSR count). The zero-order chi connectivity index (χ0) is 15.7. The Morgan fingerprint density at radius 1 is 1.30 bits per heavy atom. The van der Waals surface area contributed by atoms with E-state index in [0.29, 0.717) is 23.7 Å². The van der Waals surface area contributed by atoms with Crippen LogP contribution in [0.5, 0.6) is 0 Å². The molecule has 4 heteroatoms. The summed E-state index contributed by atoms with van der Waals surface area (Å²) in [5.41, 5.74) is 2.72. The van der Waals surface area contributed by atoms with Crippen LogP contribution in [-0.4, -0.2) is 37.5 Å². The lowest BCUT2D eigenvalue weighted by molar-refractivity contribution is -0.131. The summed E-state index contributed by atoms with van der Waals surface area (Å²) in [6.45, 7) is 7.34. The minimum atomic E-state index is 0. The van der Waals surface area contributed by atoms with Gasteiger partial charge in [0.2, 0.25) is 5.91 Å². The summed E-state index contributed by atoms with van der Waals surface area (Å²) < 4.78 is 0. The average molecular weight is 337 g/mol. The molecule has 1 aromatic carbocycles. The van der Waals surface area contributed by atoms with Crippen LogP contribution in [0.15, 0.2) is 24.3 Å². The van der Waals surface area contributed by atoms with Crippen LogP contribution in [0.3, 0.4) is 0 Å². The van der Waals surface area contributed by atoms with Gasteiger partial charge in [0.25, 0.3) is 0 Å². The van der Waals surface area contributed by atoms with E-state index in [0.717, 1.165) is 32.5 Å². The number of nitrogens with zero attached hydrogens (tertiary/aromatic N) is 1. The maximum Gasteiger partial charge on any atom is 0.226 e. The van der Waals surface area contributed by atoms with Crippen molar-refractivity contribution in [2.24, 2.45) is 11.8 Å². The monoisotopic (exact) mass is 336 g/mol. The van der Waals surface area contributed by atoms with Gasteiger partial charge in [-0.25, -0.2) is 0 Å². The first-order valence-electron chi connectivity index (χ1n) is 8.63. The van der Waals surface area contributed by atoms with Crippen LogP contribution in [0.2, 0.25) is 0 Å². The van der Waals surface area contributed by atoms with E-state index in [2.05, 4.69) is 48.3 Å². The smallest absolute Gasteiger partial charge is 0.226 e. The molecule has 1 aliphatic carbocycles. The number of halogens is 1. The lowest BCUT2D eigenvalue weighted by Gasteiger charge is -2.16. The molecule has 1 amide bonds. The second-order valence-electron chi connectivity index (χ2n) is 7.27. The number of hydrogen-bond donors (Lipinski definition) is 1. The summed E-state index contributed by atoms with van der Waals surface area (Å²) in [5, 5.41) is 3.22. The minimum Gasteiger partial charge on any atom is -0.342 e. The fraction of sp³-hybridized carbons (Fsp3) is 0.632. The summed E-state index contributed by atoms with van der Waals surface area (Å²) in [6, 6.07) is 8.89. The highest BCUT2D eigenvalue weighted by Crippen LogP contribution is 2.49. The molecule has 1 saturated heterocycles. The van der Waals surface area contributed by atoms with Gasteiger partial charge in [-0.2, -0.15) is 0 Å². The van der Waals surface area contributed by atoms with Crippen molar-refractivity contribution in [1.29, 1.82) is 0 Å². The first-order valence-corrected chi connectivity index (χ1v) is 8.63. The second kappa shape index (κ2) is 7.67. The molecule has 3 atom stereocenters. The molecule has 23 heavy (non-hydrogen) atoms. The SMILES string of the molecule is CNCC1CCN(C(=O)C2CC2c2ccc(C(C)C)cc2)C1.Cl. The van der Waals surface area contributed by atoms with Gasteiger partial charge in [-0.05, 0) is 55.3 Å². The second-order valence-corrected chi connectivity index (χ2v) is 7.27. The van der Waals surface area contributed by atoms with E-state index < -0.39 is 0 Å². The Bertz CT molecular complexity index is 529. The van der Waals surface area contributed by atoms with Crippen molar-refractivity contribution in [2.75, 3.05) is 26.7 Å². The fourth-order valence-electron chi connectivity index (χ4n) is 3.69. The summed E-state index contributed by atoms with van der Waals surface area (Å²) in [7, 11) is 1.99. The third kappa shape index (κ3) is 4.07. The molecule has 1 saturated carbocycles. The van der Waals surface area contributed by atoms with Crippen LogP contribution in [0, 0.1) is 11.8 Å². The van der Waals surface area contributed by atoms with E-state index >= 15 is 0 Å². The first-order chi connectivity index (χ1) is 10.6. The summed E-state index contributed by atoms with van der Waals surface area (Å²) >= 11 is 0. The predicted octanol–water partition coefficient (Wildman–Crippen LogP) is 3.40. The number of likely N-dealkylation sites (tertiary alicyclic amines) is 1. The molecule has 0 bridgehead atoms. The van der Waals surface area contributed by atoms with Crippen LogP contribution < -0.4 is 5.32 Å². The van der Waals surface area contributed by atoms with Crippen molar-refractivity contribution >= 4 is 18.3 Å². The Morgan fingerprint density at radius 2 is 2.00 bits per heavy atom. The van der Waals surface area contributed by atoms with Gasteiger partial charge >= 0.3 is 0 Å². The van der Waals surface area contributed by atoms with E-state index in [4.69, 9.17) is 0 Å². The van der Waals surface area contributed by atoms with Gasteiger partial charge in [-0.15, -0.1) is 12.4 Å². The van der Waals surface area contributed by atoms with Crippen molar-refractivity contribution in [1.82, 2.24) is 10.2 Å². The number of nitrogens with one attached hydrogen (secondary N) is 1. The highest BCUT2D eigenvalue weighted by Gasteiger charge is 2.46. The number of benzene rings is 1. The van der Waals surface area contributed by atoms with Crippen LogP contribution >= 0.6 is 12.4 Å². The van der Waals surface area contributed by atoms with Gasteiger partial charge in [0.1, 0.15) is 0 Å². The zero-order valence-corrected chi connectivity index (χ0v) is 15.2. The molecule has 3 nitrogen and oxygen atoms in total. The quantitative estimate of drug-likeness (QED) is 0.893. The van der Waals surface area contributed by atoms with Crippen molar-refractivity contribution in [3.63, 3.8) is 0 Å². The Balaban J connectivity index is 0.00000192. The first kappa shape index (κ1) is 18.3. The highest BCUT2D eigenvalue weighted by atomic mass is 35.5. The maximum atomic E-state index is 12.6. The fourth-order valence-corrected chi connectivity index (χ4v) is 3.69. The van der Waals surface area contributed by atoms with E-state index in [1.165, 1.54) is 11.1 Å². The van der Waals surface area contributed by atoms with Crippen molar-refractivity contribution in [2.45, 2.75) is 38.5 Å². The van der Waals surface area contributed by atoms with Crippen LogP contribution in [0.25, 0.3) is 0 Å². The van der Waals surface area contributed by atoms with E-state index in [-0.39, 0.29) is 18.3 Å². The van der Waals surface area contributed by atoms with Crippen LogP contribution in [-0.2, 0) is 4.79 Å². The maximum absolute atomic E-state index is 12.6. The lowest BCUT2D eigenvalue weighted by Crippen LogP contribution is -2.31. The van der Waals surface area contributed by atoms with Gasteiger partial charge < -0.3 is 10.2 Å². The lowest BCUT2D eigenvalue weighted by atomic mass is 10.00. The van der Waals surface area contributed by atoms with E-state index in [9.17, 15) is 4.79 Å². The average Bonchev–Trinajstić information content (AvgIpc) is 3.19. The predicted molar refractivity (Wildman–Crippen MR) is 97.2 cm³/mol. The third-order valence-corrected chi connectivity index (χ3v) is 5.23. The van der Waals surface area contributed by atoms with Gasteiger partial charge in [0.15, 0.2) is 0 Å². The number of amides is 1. The summed E-state index contributed by atoms with van der Waals surface area (Å²) in [5.74, 6) is 2.28. The molecular weight excluding hydrogens is 308 g/mol. The number of hydrogen-bond acceptors (Lipinski definition) is 2. The summed E-state index contributed by atoms with van der Waals surface area (Å²) in [6.07, 6.45) is 2.18. The number of rotatable bonds is 5. The van der Waals surface area contributed by atoms with E-state index in [1.807, 2.05) is 7.05 Å². The molecule has 1 aliphatic heterocycles. The zero-order valence-electron chi connectivity index (χ0n) is 14.4. The molecule has 128 valence electrons. The Hall–Kier alpha value is -1.06. The van der Waals surface area contributed by atoms with E-state index in [1.54, 1.807) is 0 Å². The summed E-state index contributed by atoms with van der Waals surface area (Å²) in [4.78, 5) is 14.7. The number of carbonyl (C=O) groups is 1. The Labute approximate surface area is 146 Å². The molecule has 0 aromatic heterocycles. The standard InChI is InChI=1S/C19H28N2O.ClH/c1-13(2)15-4-6-16(7-5-15)17-10-18(17)19(22)21-9-8-14(12-21)11-20-3;/h4-7,13-14,17-18,20H,8-12H2,1-3H3;1H.